The van der Waals surface area contributed by atoms with E-state index in [0.717, 1.165) is 29.4 Å². The van der Waals surface area contributed by atoms with Gasteiger partial charge >= 0.3 is 0 Å². The van der Waals surface area contributed by atoms with Crippen LogP contribution >= 0.6 is 0 Å². The molecule has 0 spiro atoms. The van der Waals surface area contributed by atoms with E-state index in [1.54, 1.807) is 0 Å². The predicted molar refractivity (Wildman–Crippen MR) is 78.9 cm³/mol. The first-order valence-electron chi connectivity index (χ1n) is 6.94. The number of nitrogen functional groups attached to an aromatic ring is 1. The summed E-state index contributed by atoms with van der Waals surface area (Å²) < 4.78 is 0. The summed E-state index contributed by atoms with van der Waals surface area (Å²) in [5, 5.41) is 3.47. The first-order chi connectivity index (χ1) is 8.66. The number of nitrogens with two attached hydrogens (primary N) is 1. The van der Waals surface area contributed by atoms with Crippen LogP contribution in [0.4, 0.5) is 11.4 Å². The van der Waals surface area contributed by atoms with Crippen LogP contribution in [0.2, 0.25) is 0 Å². The molecule has 0 aliphatic carbocycles. The zero-order valence-corrected chi connectivity index (χ0v) is 11.6. The molecule has 1 aromatic rings. The van der Waals surface area contributed by atoms with Crippen molar-refractivity contribution in [3.8, 4) is 0 Å². The number of likely N-dealkylation sites (tertiary alicyclic amines) is 1. The molecule has 1 fully saturated rings. The van der Waals surface area contributed by atoms with Crippen LogP contribution in [0.25, 0.3) is 0 Å². The second-order valence-electron chi connectivity index (χ2n) is 5.50. The number of anilines is 2. The van der Waals surface area contributed by atoms with E-state index in [1.807, 2.05) is 0 Å². The molecule has 0 saturated carbocycles. The highest BCUT2D eigenvalue weighted by Gasteiger charge is 2.16. The monoisotopic (exact) mass is 247 g/mol. The fourth-order valence-corrected chi connectivity index (χ4v) is 2.60. The van der Waals surface area contributed by atoms with Gasteiger partial charge in [-0.05, 0) is 63.9 Å². The highest BCUT2D eigenvalue weighted by Crippen LogP contribution is 2.23. The van der Waals surface area contributed by atoms with Crippen LogP contribution in [0.3, 0.4) is 0 Å². The van der Waals surface area contributed by atoms with Crippen LogP contribution in [0.1, 0.15) is 24.8 Å². The van der Waals surface area contributed by atoms with Crippen LogP contribution in [0, 0.1) is 12.8 Å². The van der Waals surface area contributed by atoms with E-state index >= 15 is 0 Å². The molecule has 3 heteroatoms. The molecule has 0 bridgehead atoms. The molecule has 100 valence electrons. The van der Waals surface area contributed by atoms with E-state index in [2.05, 4.69) is 42.4 Å². The summed E-state index contributed by atoms with van der Waals surface area (Å²) in [5.41, 5.74) is 9.18. The normalized spacial score (nSPS) is 17.9. The first-order valence-corrected chi connectivity index (χ1v) is 6.94. The number of nitrogens with zero attached hydrogens (tertiary/aromatic N) is 1. The average Bonchev–Trinajstić information content (AvgIpc) is 2.37. The van der Waals surface area contributed by atoms with Gasteiger partial charge in [-0.1, -0.05) is 12.1 Å². The van der Waals surface area contributed by atoms with Crippen LogP contribution in [0.5, 0.6) is 0 Å². The number of hydrogen-bond acceptors (Lipinski definition) is 3. The van der Waals surface area contributed by atoms with Crippen LogP contribution < -0.4 is 11.1 Å². The van der Waals surface area contributed by atoms with Crippen molar-refractivity contribution in [3.63, 3.8) is 0 Å². The van der Waals surface area contributed by atoms with Crippen molar-refractivity contribution < 1.29 is 0 Å². The maximum Gasteiger partial charge on any atom is 0.0579 e. The van der Waals surface area contributed by atoms with Gasteiger partial charge in [0.25, 0.3) is 0 Å². The third-order valence-corrected chi connectivity index (χ3v) is 4.03. The van der Waals surface area contributed by atoms with Crippen molar-refractivity contribution in [1.29, 1.82) is 0 Å². The Morgan fingerprint density at radius 1 is 1.33 bits per heavy atom. The number of hydrogen-bond donors (Lipinski definition) is 2. The molecule has 18 heavy (non-hydrogen) atoms. The maximum atomic E-state index is 6.05. The quantitative estimate of drug-likeness (QED) is 0.804. The summed E-state index contributed by atoms with van der Waals surface area (Å²) in [6, 6.07) is 6.18. The Morgan fingerprint density at radius 3 is 2.78 bits per heavy atom. The second kappa shape index (κ2) is 6.10. The number of piperidine rings is 1. The second-order valence-corrected chi connectivity index (χ2v) is 5.50. The highest BCUT2D eigenvalue weighted by molar-refractivity contribution is 5.69. The molecule has 0 unspecified atom stereocenters. The fraction of sp³-hybridized carbons (Fsp3) is 0.600. The van der Waals surface area contributed by atoms with Gasteiger partial charge in [0, 0.05) is 6.54 Å². The number of benzene rings is 1. The van der Waals surface area contributed by atoms with Crippen molar-refractivity contribution in [2.24, 2.45) is 5.92 Å². The molecule has 1 heterocycles. The van der Waals surface area contributed by atoms with E-state index in [4.69, 9.17) is 5.73 Å². The molecule has 1 saturated heterocycles. The van der Waals surface area contributed by atoms with E-state index in [1.165, 1.54) is 32.4 Å². The molecule has 0 aromatic heterocycles. The third kappa shape index (κ3) is 3.39. The molecule has 1 aliphatic rings. The van der Waals surface area contributed by atoms with Gasteiger partial charge in [0.15, 0.2) is 0 Å². The Labute approximate surface area is 110 Å². The molecule has 1 aliphatic heterocycles. The lowest BCUT2D eigenvalue weighted by Gasteiger charge is -2.29. The van der Waals surface area contributed by atoms with Gasteiger partial charge in [0.2, 0.25) is 0 Å². The lowest BCUT2D eigenvalue weighted by atomic mass is 9.94. The van der Waals surface area contributed by atoms with Crippen molar-refractivity contribution >= 4 is 11.4 Å². The van der Waals surface area contributed by atoms with Gasteiger partial charge in [0.05, 0.1) is 11.4 Å². The molecule has 0 amide bonds. The number of aryl methyl sites for hydroxylation is 1. The molecule has 3 nitrogen and oxygen atoms in total. The average molecular weight is 247 g/mol. The third-order valence-electron chi connectivity index (χ3n) is 4.03. The Kier molecular flexibility index (Phi) is 4.48. The maximum absolute atomic E-state index is 6.05. The predicted octanol–water partition coefficient (Wildman–Crippen LogP) is 2.72. The van der Waals surface area contributed by atoms with E-state index in [0.29, 0.717) is 0 Å². The Bertz CT molecular complexity index is 381. The summed E-state index contributed by atoms with van der Waals surface area (Å²) in [6.45, 7) is 5.58. The summed E-state index contributed by atoms with van der Waals surface area (Å²) in [7, 11) is 2.21. The number of rotatable bonds is 4. The lowest BCUT2D eigenvalue weighted by Crippen LogP contribution is -2.30. The molecular formula is C15H25N3. The summed E-state index contributed by atoms with van der Waals surface area (Å²) in [4.78, 5) is 2.42. The fourth-order valence-electron chi connectivity index (χ4n) is 2.60. The number of para-hydroxylation sites is 1. The van der Waals surface area contributed by atoms with Crippen molar-refractivity contribution in [3.05, 3.63) is 23.8 Å². The summed E-state index contributed by atoms with van der Waals surface area (Å²) in [6.07, 6.45) is 3.92. The topological polar surface area (TPSA) is 41.3 Å². The van der Waals surface area contributed by atoms with Gasteiger partial charge < -0.3 is 16.0 Å². The van der Waals surface area contributed by atoms with Gasteiger partial charge in [-0.25, -0.2) is 0 Å². The molecule has 2 rings (SSSR count). The lowest BCUT2D eigenvalue weighted by molar-refractivity contribution is 0.215. The smallest absolute Gasteiger partial charge is 0.0579 e. The summed E-state index contributed by atoms with van der Waals surface area (Å²) >= 11 is 0. The SMILES string of the molecule is Cc1cccc(NCCC2CCN(C)CC2)c1N. The van der Waals surface area contributed by atoms with Gasteiger partial charge in [-0.3, -0.25) is 0 Å². The number of nitrogens with one attached hydrogen (secondary N) is 1. The zero-order valence-electron chi connectivity index (χ0n) is 11.6. The Morgan fingerprint density at radius 2 is 2.06 bits per heavy atom. The van der Waals surface area contributed by atoms with Crippen molar-refractivity contribution in [2.45, 2.75) is 26.2 Å². The minimum absolute atomic E-state index is 0.875. The van der Waals surface area contributed by atoms with Crippen molar-refractivity contribution in [1.82, 2.24) is 4.90 Å². The minimum atomic E-state index is 0.875. The van der Waals surface area contributed by atoms with Crippen molar-refractivity contribution in [2.75, 3.05) is 37.7 Å². The minimum Gasteiger partial charge on any atom is -0.397 e. The Hall–Kier alpha value is -1.22. The van der Waals surface area contributed by atoms with E-state index in [-0.39, 0.29) is 0 Å². The molecule has 1 aromatic carbocycles. The van der Waals surface area contributed by atoms with Crippen LogP contribution in [-0.2, 0) is 0 Å². The standard InChI is InChI=1S/C15H25N3/c1-12-4-3-5-14(15(12)16)17-9-6-13-7-10-18(2)11-8-13/h3-5,13,17H,6-11,16H2,1-2H3. The Balaban J connectivity index is 1.77. The zero-order chi connectivity index (χ0) is 13.0. The van der Waals surface area contributed by atoms with Gasteiger partial charge in [0.1, 0.15) is 0 Å². The molecular weight excluding hydrogens is 222 g/mol. The summed E-state index contributed by atoms with van der Waals surface area (Å²) in [5.74, 6) is 0.875. The van der Waals surface area contributed by atoms with Gasteiger partial charge in [-0.2, -0.15) is 0 Å². The van der Waals surface area contributed by atoms with Gasteiger partial charge in [-0.15, -0.1) is 0 Å². The van der Waals surface area contributed by atoms with Crippen LogP contribution in [-0.4, -0.2) is 31.6 Å². The molecule has 3 N–H and O–H groups in total. The van der Waals surface area contributed by atoms with E-state index in [9.17, 15) is 0 Å². The largest absolute Gasteiger partial charge is 0.397 e. The van der Waals surface area contributed by atoms with Crippen LogP contribution in [0.15, 0.2) is 18.2 Å². The first kappa shape index (κ1) is 13.2. The highest BCUT2D eigenvalue weighted by atomic mass is 15.1. The molecule has 0 atom stereocenters. The van der Waals surface area contributed by atoms with E-state index < -0.39 is 0 Å². The molecule has 0 radical (unpaired) electrons.